The molecule has 0 saturated carbocycles. The fraction of sp³-hybridized carbons (Fsp3) is 0.172. The van der Waals surface area contributed by atoms with Crippen LogP contribution in [0.25, 0.3) is 24.3 Å². The number of hydrogen-bond acceptors (Lipinski definition) is 6. The molecule has 0 aliphatic heterocycles. The Morgan fingerprint density at radius 2 is 0.688 bits per heavy atom. The lowest BCUT2D eigenvalue weighted by molar-refractivity contribution is -0.134. The first-order valence-corrected chi connectivity index (χ1v) is 22.2. The molecule has 7 aromatic carbocycles. The summed E-state index contributed by atoms with van der Waals surface area (Å²) in [6, 6.07) is 54.1. The Labute approximate surface area is 378 Å². The summed E-state index contributed by atoms with van der Waals surface area (Å²) in [4.78, 5) is 28.4. The van der Waals surface area contributed by atoms with Crippen molar-refractivity contribution in [3.8, 4) is 11.5 Å². The number of ether oxygens (including phenoxy) is 2. The molecule has 0 N–H and O–H groups in total. The van der Waals surface area contributed by atoms with Crippen LogP contribution >= 0.6 is 0 Å². The van der Waals surface area contributed by atoms with Crippen molar-refractivity contribution in [2.75, 3.05) is 9.80 Å². The van der Waals surface area contributed by atoms with Crippen LogP contribution in [0.3, 0.4) is 0 Å². The second-order valence-corrected chi connectivity index (χ2v) is 15.7. The number of para-hydroxylation sites is 2. The molecule has 0 aliphatic rings. The van der Waals surface area contributed by atoms with E-state index in [1.165, 1.54) is 22.3 Å². The van der Waals surface area contributed by atoms with Gasteiger partial charge in [-0.2, -0.15) is 0 Å². The van der Waals surface area contributed by atoms with Crippen molar-refractivity contribution in [2.24, 2.45) is 0 Å². The van der Waals surface area contributed by atoms with E-state index in [0.29, 0.717) is 24.3 Å². The normalized spacial score (nSPS) is 11.2. The number of benzene rings is 7. The topological polar surface area (TPSA) is 59.1 Å². The van der Waals surface area contributed by atoms with E-state index in [9.17, 15) is 9.59 Å². The smallest absolute Gasteiger partial charge is 0.310 e. The van der Waals surface area contributed by atoms with E-state index < -0.39 is 0 Å². The second kappa shape index (κ2) is 21.1. The summed E-state index contributed by atoms with van der Waals surface area (Å²) in [6.07, 6.45) is 11.0. The number of anilines is 6. The molecule has 322 valence electrons. The Hall–Kier alpha value is -7.44. The lowest BCUT2D eigenvalue weighted by atomic mass is 10.0. The van der Waals surface area contributed by atoms with Crippen LogP contribution in [0.15, 0.2) is 158 Å². The van der Waals surface area contributed by atoms with E-state index in [0.717, 1.165) is 69.2 Å². The van der Waals surface area contributed by atoms with E-state index in [1.807, 2.05) is 48.5 Å². The average molecular weight is 845 g/mol. The fourth-order valence-corrected chi connectivity index (χ4v) is 7.77. The molecule has 0 unspecified atom stereocenters. The van der Waals surface area contributed by atoms with Crippen molar-refractivity contribution >= 4 is 70.4 Å². The molecule has 0 saturated heterocycles. The van der Waals surface area contributed by atoms with Gasteiger partial charge in [-0.05, 0) is 144 Å². The Morgan fingerprint density at radius 1 is 0.406 bits per heavy atom. The van der Waals surface area contributed by atoms with Crippen LogP contribution in [0.1, 0.15) is 85.0 Å². The zero-order valence-corrected chi connectivity index (χ0v) is 37.7. The maximum atomic E-state index is 11.9. The van der Waals surface area contributed by atoms with Gasteiger partial charge in [0.15, 0.2) is 0 Å². The van der Waals surface area contributed by atoms with Gasteiger partial charge in [0.05, 0.1) is 11.4 Å². The lowest BCUT2D eigenvalue weighted by Crippen LogP contribution is -2.14. The summed E-state index contributed by atoms with van der Waals surface area (Å²) in [5, 5.41) is 0. The number of rotatable bonds is 16. The van der Waals surface area contributed by atoms with Crippen molar-refractivity contribution in [3.63, 3.8) is 0 Å². The Kier molecular flexibility index (Phi) is 14.7. The van der Waals surface area contributed by atoms with Gasteiger partial charge in [0.25, 0.3) is 0 Å². The number of aryl methyl sites for hydroxylation is 4. The van der Waals surface area contributed by atoms with Gasteiger partial charge < -0.3 is 19.3 Å². The predicted octanol–water partition coefficient (Wildman–Crippen LogP) is 15.3. The molecule has 0 aromatic heterocycles. The minimum Gasteiger partial charge on any atom is -0.427 e. The van der Waals surface area contributed by atoms with Crippen LogP contribution in [-0.2, 0) is 22.4 Å². The number of hydrogen-bond donors (Lipinski definition) is 0. The number of nitrogens with zero attached hydrogens (tertiary/aromatic N) is 2. The molecule has 0 spiro atoms. The zero-order chi connectivity index (χ0) is 45.0. The highest BCUT2D eigenvalue weighted by Gasteiger charge is 2.20. The maximum absolute atomic E-state index is 11.9. The third kappa shape index (κ3) is 10.8. The van der Waals surface area contributed by atoms with Crippen LogP contribution in [0.2, 0.25) is 0 Å². The van der Waals surface area contributed by atoms with Gasteiger partial charge in [-0.1, -0.05) is 137 Å². The molecule has 7 rings (SSSR count). The van der Waals surface area contributed by atoms with Crippen LogP contribution in [-0.4, -0.2) is 11.9 Å². The van der Waals surface area contributed by atoms with Crippen molar-refractivity contribution < 1.29 is 19.1 Å². The number of carbonyl (C=O) groups excluding carboxylic acids is 2. The lowest BCUT2D eigenvalue weighted by Gasteiger charge is -2.29. The highest BCUT2D eigenvalue weighted by atomic mass is 16.5. The van der Waals surface area contributed by atoms with E-state index >= 15 is 0 Å². The first-order valence-electron chi connectivity index (χ1n) is 22.2. The summed E-state index contributed by atoms with van der Waals surface area (Å²) in [7, 11) is 0. The molecule has 0 aliphatic carbocycles. The van der Waals surface area contributed by atoms with E-state index in [2.05, 4.69) is 171 Å². The minimum atomic E-state index is -0.251. The molecule has 0 heterocycles. The van der Waals surface area contributed by atoms with E-state index in [1.54, 1.807) is 13.8 Å². The molecule has 6 nitrogen and oxygen atoms in total. The Bertz CT molecular complexity index is 2540. The Balaban J connectivity index is 1.05. The van der Waals surface area contributed by atoms with Gasteiger partial charge in [0, 0.05) is 35.6 Å². The molecule has 6 heteroatoms. The van der Waals surface area contributed by atoms with Crippen LogP contribution < -0.4 is 19.3 Å². The average Bonchev–Trinajstić information content (AvgIpc) is 3.33. The van der Waals surface area contributed by atoms with Gasteiger partial charge in [0.1, 0.15) is 11.5 Å². The first kappa shape index (κ1) is 44.6. The summed E-state index contributed by atoms with van der Waals surface area (Å²) < 4.78 is 10.9. The Morgan fingerprint density at radius 3 is 0.969 bits per heavy atom. The molecule has 64 heavy (non-hydrogen) atoms. The van der Waals surface area contributed by atoms with Crippen molar-refractivity contribution in [1.29, 1.82) is 0 Å². The molecule has 0 bridgehead atoms. The minimum absolute atomic E-state index is 0.251. The van der Waals surface area contributed by atoms with Gasteiger partial charge >= 0.3 is 11.9 Å². The largest absolute Gasteiger partial charge is 0.427 e. The molecule has 0 amide bonds. The van der Waals surface area contributed by atoms with Gasteiger partial charge in [-0.25, -0.2) is 0 Å². The highest BCUT2D eigenvalue weighted by Crippen LogP contribution is 2.41. The van der Waals surface area contributed by atoms with E-state index in [4.69, 9.17) is 9.47 Å². The summed E-state index contributed by atoms with van der Waals surface area (Å²) in [6.45, 7) is 12.2. The fourth-order valence-electron chi connectivity index (χ4n) is 7.77. The molecule has 0 radical (unpaired) electrons. The maximum Gasteiger partial charge on any atom is 0.310 e. The monoisotopic (exact) mass is 844 g/mol. The molecule has 7 aromatic rings. The van der Waals surface area contributed by atoms with Gasteiger partial charge in [-0.3, -0.25) is 9.59 Å². The van der Waals surface area contributed by atoms with Gasteiger partial charge in [0.2, 0.25) is 0 Å². The third-order valence-electron chi connectivity index (χ3n) is 11.3. The zero-order valence-electron chi connectivity index (χ0n) is 37.7. The summed E-state index contributed by atoms with van der Waals surface area (Å²) >= 11 is 0. The highest BCUT2D eigenvalue weighted by molar-refractivity contribution is 5.84. The second-order valence-electron chi connectivity index (χ2n) is 15.7. The number of carbonyl (C=O) groups is 2. The third-order valence-corrected chi connectivity index (χ3v) is 11.3. The van der Waals surface area contributed by atoms with Crippen LogP contribution in [0, 0.1) is 13.8 Å². The number of esters is 2. The molecular formula is C58H56N2O4. The first-order chi connectivity index (χ1) is 31.2. The van der Waals surface area contributed by atoms with Crippen molar-refractivity contribution in [1.82, 2.24) is 0 Å². The summed E-state index contributed by atoms with van der Waals surface area (Å²) in [5.74, 6) is 0.576. The molecular weight excluding hydrogens is 789 g/mol. The SMILES string of the molecule is CCC(=O)Oc1ccc(N(c2ccc(/C=C/c3ccc(/C=C/c4ccc(N(c5ccc(OC(=O)CC)cc5)c5c(C)cccc5CC)cc4)cc3)cc2)c2c(C)cccc2CC)cc1. The van der Waals surface area contributed by atoms with Crippen molar-refractivity contribution in [3.05, 3.63) is 202 Å². The quantitative estimate of drug-likeness (QED) is 0.0549. The van der Waals surface area contributed by atoms with Crippen molar-refractivity contribution in [2.45, 2.75) is 67.2 Å². The van der Waals surface area contributed by atoms with Crippen LogP contribution in [0.5, 0.6) is 11.5 Å². The molecule has 0 fully saturated rings. The standard InChI is InChI=1S/C58H56N2O4/c1-7-47-15-11-13-41(5)57(47)59(51-33-37-53(38-34-51)63-55(61)9-3)49-29-25-45(26-30-49)23-21-43-17-19-44(20-18-43)22-24-46-27-31-50(32-28-46)60(58-42(6)14-12-16-48(58)8-2)52-35-39-54(40-36-52)64-56(62)10-4/h11-40H,7-10H2,1-6H3/b23-21+,24-22+. The predicted molar refractivity (Wildman–Crippen MR) is 267 cm³/mol. The molecule has 0 atom stereocenters. The van der Waals surface area contributed by atoms with Crippen LogP contribution in [0.4, 0.5) is 34.1 Å². The summed E-state index contributed by atoms with van der Waals surface area (Å²) in [5.41, 5.74) is 15.7. The van der Waals surface area contributed by atoms with E-state index in [-0.39, 0.29) is 11.9 Å². The van der Waals surface area contributed by atoms with Gasteiger partial charge in [-0.15, -0.1) is 0 Å².